The molecule has 1 N–H and O–H groups in total. The van der Waals surface area contributed by atoms with E-state index in [2.05, 4.69) is 17.4 Å². The molecular weight excluding hydrogens is 440 g/mol. The van der Waals surface area contributed by atoms with Crippen molar-refractivity contribution in [2.45, 2.75) is 44.6 Å². The van der Waals surface area contributed by atoms with Crippen molar-refractivity contribution in [3.05, 3.63) is 60.2 Å². The second-order valence-electron chi connectivity index (χ2n) is 8.39. The van der Waals surface area contributed by atoms with Gasteiger partial charge in [-0.2, -0.15) is 0 Å². The van der Waals surface area contributed by atoms with Gasteiger partial charge in [0.05, 0.1) is 18.6 Å². The minimum atomic E-state index is -3.70. The summed E-state index contributed by atoms with van der Waals surface area (Å²) >= 11 is 0. The third-order valence-electron chi connectivity index (χ3n) is 6.17. The number of carbonyl (C=O) groups is 1. The number of carbonyl (C=O) groups excluding carboxylic acids is 1. The molecule has 0 bridgehead atoms. The maximum absolute atomic E-state index is 13.3. The van der Waals surface area contributed by atoms with Crippen LogP contribution in [0, 0.1) is 0 Å². The van der Waals surface area contributed by atoms with Crippen molar-refractivity contribution in [2.75, 3.05) is 36.9 Å². The Morgan fingerprint density at radius 2 is 1.73 bits per heavy atom. The quantitative estimate of drug-likeness (QED) is 0.570. The van der Waals surface area contributed by atoms with Gasteiger partial charge < -0.3 is 14.8 Å². The number of nitrogens with zero attached hydrogens (tertiary/aromatic N) is 1. The van der Waals surface area contributed by atoms with Crippen LogP contribution in [-0.4, -0.2) is 53.0 Å². The summed E-state index contributed by atoms with van der Waals surface area (Å²) in [4.78, 5) is 13.3. The first kappa shape index (κ1) is 25.1. The van der Waals surface area contributed by atoms with Crippen LogP contribution in [0.1, 0.15) is 38.7 Å². The van der Waals surface area contributed by atoms with Crippen LogP contribution >= 0.6 is 0 Å². The number of hydrogen-bond acceptors (Lipinski definition) is 5. The molecule has 1 aliphatic rings. The number of anilines is 1. The van der Waals surface area contributed by atoms with Gasteiger partial charge >= 0.3 is 0 Å². The summed E-state index contributed by atoms with van der Waals surface area (Å²) < 4.78 is 37.7. The van der Waals surface area contributed by atoms with Crippen molar-refractivity contribution in [1.29, 1.82) is 0 Å². The molecule has 0 radical (unpaired) electrons. The second kappa shape index (κ2) is 11.0. The van der Waals surface area contributed by atoms with E-state index in [1.807, 2.05) is 32.0 Å². The fourth-order valence-electron chi connectivity index (χ4n) is 4.41. The molecule has 0 spiro atoms. The van der Waals surface area contributed by atoms with Gasteiger partial charge in [0.2, 0.25) is 15.9 Å². The standard InChI is InChI=1S/C25H34N2O5S/c1-4-23(27(33(3,29)30)21-11-13-22(14-12-21)32-5-2)24(28)26-19-25(15-17-31-18-16-25)20-9-7-6-8-10-20/h6-14,23H,4-5,15-19H2,1-3H3,(H,26,28)/t23-/m1/s1. The number of sulfonamides is 1. The van der Waals surface area contributed by atoms with Crippen LogP contribution in [0.25, 0.3) is 0 Å². The van der Waals surface area contributed by atoms with E-state index in [-0.39, 0.29) is 11.3 Å². The Kier molecular flexibility index (Phi) is 8.37. The smallest absolute Gasteiger partial charge is 0.243 e. The minimum absolute atomic E-state index is 0.234. The SMILES string of the molecule is CCOc1ccc(N([C@H](CC)C(=O)NCC2(c3ccccc3)CCOCC2)S(C)(=O)=O)cc1. The van der Waals surface area contributed by atoms with E-state index in [1.54, 1.807) is 24.3 Å². The molecule has 1 amide bonds. The summed E-state index contributed by atoms with van der Waals surface area (Å²) in [6, 6.07) is 16.1. The monoisotopic (exact) mass is 474 g/mol. The van der Waals surface area contributed by atoms with Crippen molar-refractivity contribution >= 4 is 21.6 Å². The molecule has 2 aromatic rings. The maximum Gasteiger partial charge on any atom is 0.243 e. The van der Waals surface area contributed by atoms with Gasteiger partial charge in [-0.1, -0.05) is 37.3 Å². The average molecular weight is 475 g/mol. The summed E-state index contributed by atoms with van der Waals surface area (Å²) in [5.74, 6) is 0.343. The molecule has 1 fully saturated rings. The van der Waals surface area contributed by atoms with Gasteiger partial charge in [0.1, 0.15) is 11.8 Å². The lowest BCUT2D eigenvalue weighted by Gasteiger charge is -2.39. The van der Waals surface area contributed by atoms with Gasteiger partial charge in [-0.3, -0.25) is 9.10 Å². The zero-order valence-electron chi connectivity index (χ0n) is 19.6. The molecule has 7 nitrogen and oxygen atoms in total. The molecule has 0 unspecified atom stereocenters. The van der Waals surface area contributed by atoms with Crippen molar-refractivity contribution in [1.82, 2.24) is 5.32 Å². The fourth-order valence-corrected chi connectivity index (χ4v) is 5.62. The predicted octanol–water partition coefficient (Wildman–Crippen LogP) is 3.49. The van der Waals surface area contributed by atoms with Crippen molar-refractivity contribution in [2.24, 2.45) is 0 Å². The lowest BCUT2D eigenvalue weighted by molar-refractivity contribution is -0.122. The highest BCUT2D eigenvalue weighted by Gasteiger charge is 2.37. The van der Waals surface area contributed by atoms with Gasteiger partial charge in [-0.15, -0.1) is 0 Å². The zero-order valence-corrected chi connectivity index (χ0v) is 20.4. The highest BCUT2D eigenvalue weighted by atomic mass is 32.2. The van der Waals surface area contributed by atoms with Crippen molar-refractivity contribution < 1.29 is 22.7 Å². The highest BCUT2D eigenvalue weighted by molar-refractivity contribution is 7.92. The van der Waals surface area contributed by atoms with Gasteiger partial charge in [0.25, 0.3) is 0 Å². The van der Waals surface area contributed by atoms with E-state index >= 15 is 0 Å². The molecule has 2 aromatic carbocycles. The van der Waals surface area contributed by atoms with Crippen molar-refractivity contribution in [3.63, 3.8) is 0 Å². The number of nitrogens with one attached hydrogen (secondary N) is 1. The molecule has 1 heterocycles. The molecule has 3 rings (SSSR count). The molecule has 8 heteroatoms. The van der Waals surface area contributed by atoms with E-state index in [1.165, 1.54) is 4.31 Å². The van der Waals surface area contributed by atoms with Crippen molar-refractivity contribution in [3.8, 4) is 5.75 Å². The van der Waals surface area contributed by atoms with E-state index < -0.39 is 16.1 Å². The molecule has 0 aromatic heterocycles. The number of hydrogen-bond donors (Lipinski definition) is 1. The van der Waals surface area contributed by atoms with E-state index in [4.69, 9.17) is 9.47 Å². The molecular formula is C25H34N2O5S. The summed E-state index contributed by atoms with van der Waals surface area (Å²) in [7, 11) is -3.70. The molecule has 0 saturated carbocycles. The zero-order chi connectivity index (χ0) is 23.9. The molecule has 1 aliphatic heterocycles. The largest absolute Gasteiger partial charge is 0.494 e. The topological polar surface area (TPSA) is 84.9 Å². The first-order valence-corrected chi connectivity index (χ1v) is 13.3. The predicted molar refractivity (Wildman–Crippen MR) is 130 cm³/mol. The third kappa shape index (κ3) is 6.06. The Balaban J connectivity index is 1.83. The Morgan fingerprint density at radius 1 is 1.09 bits per heavy atom. The van der Waals surface area contributed by atoms with Crippen LogP contribution < -0.4 is 14.4 Å². The van der Waals surface area contributed by atoms with E-state index in [9.17, 15) is 13.2 Å². The Labute approximate surface area is 197 Å². The number of amides is 1. The number of rotatable bonds is 10. The first-order chi connectivity index (χ1) is 15.8. The van der Waals surface area contributed by atoms with Crippen LogP contribution in [0.15, 0.2) is 54.6 Å². The molecule has 1 saturated heterocycles. The summed E-state index contributed by atoms with van der Waals surface area (Å²) in [5.41, 5.74) is 1.36. The minimum Gasteiger partial charge on any atom is -0.494 e. The molecule has 0 aliphatic carbocycles. The lowest BCUT2D eigenvalue weighted by atomic mass is 9.74. The third-order valence-corrected chi connectivity index (χ3v) is 7.35. The highest BCUT2D eigenvalue weighted by Crippen LogP contribution is 2.34. The molecule has 180 valence electrons. The van der Waals surface area contributed by atoms with Gasteiger partial charge in [-0.25, -0.2) is 8.42 Å². The van der Waals surface area contributed by atoms with E-state index in [0.29, 0.717) is 44.2 Å². The second-order valence-corrected chi connectivity index (χ2v) is 10.2. The molecule has 33 heavy (non-hydrogen) atoms. The van der Waals surface area contributed by atoms with Crippen LogP contribution in [-0.2, 0) is 25.0 Å². The number of benzene rings is 2. The maximum atomic E-state index is 13.3. The fraction of sp³-hybridized carbons (Fsp3) is 0.480. The Hall–Kier alpha value is -2.58. The average Bonchev–Trinajstić information content (AvgIpc) is 2.82. The van der Waals surface area contributed by atoms with Crippen LogP contribution in [0.3, 0.4) is 0 Å². The summed E-state index contributed by atoms with van der Waals surface area (Å²) in [5, 5.41) is 3.07. The lowest BCUT2D eigenvalue weighted by Crippen LogP contribution is -2.52. The van der Waals surface area contributed by atoms with Crippen LogP contribution in [0.4, 0.5) is 5.69 Å². The summed E-state index contributed by atoms with van der Waals surface area (Å²) in [6.07, 6.45) is 3.06. The van der Waals surface area contributed by atoms with E-state index in [0.717, 1.165) is 24.7 Å². The normalized spacial score (nSPS) is 16.6. The van der Waals surface area contributed by atoms with Gasteiger partial charge in [0.15, 0.2) is 0 Å². The number of ether oxygens (including phenoxy) is 2. The van der Waals surface area contributed by atoms with Crippen LogP contribution in [0.2, 0.25) is 0 Å². The Bertz CT molecular complexity index is 1000. The molecule has 1 atom stereocenters. The first-order valence-electron chi connectivity index (χ1n) is 11.4. The summed E-state index contributed by atoms with van der Waals surface area (Å²) in [6.45, 7) is 5.90. The van der Waals surface area contributed by atoms with Crippen LogP contribution in [0.5, 0.6) is 5.75 Å². The Morgan fingerprint density at radius 3 is 2.27 bits per heavy atom. The van der Waals surface area contributed by atoms with Gasteiger partial charge in [0, 0.05) is 25.2 Å². The van der Waals surface area contributed by atoms with Gasteiger partial charge in [-0.05, 0) is 56.0 Å².